The fourth-order valence-corrected chi connectivity index (χ4v) is 0.612. The molecule has 0 aromatic rings. The Hall–Kier alpha value is -0.116. The molecule has 0 saturated heterocycles. The quantitative estimate of drug-likeness (QED) is 0.342. The Morgan fingerprint density at radius 1 is 1.56 bits per heavy atom. The number of hydrogen-bond acceptors (Lipinski definition) is 0. The normalized spacial score (nSPS) is 9.67. The van der Waals surface area contributed by atoms with E-state index in [1.54, 1.807) is 6.08 Å². The Labute approximate surface area is 64.6 Å². The second-order valence-electron chi connectivity index (χ2n) is 1.83. The topological polar surface area (TPSA) is 0 Å². The van der Waals surface area contributed by atoms with E-state index in [1.165, 1.54) is 12.8 Å². The zero-order valence-corrected chi connectivity index (χ0v) is 6.66. The van der Waals surface area contributed by atoms with Crippen molar-refractivity contribution in [2.24, 2.45) is 0 Å². The van der Waals surface area contributed by atoms with Crippen molar-refractivity contribution in [1.29, 1.82) is 0 Å². The van der Waals surface area contributed by atoms with Crippen LogP contribution < -0.4 is 0 Å². The van der Waals surface area contributed by atoms with E-state index in [2.05, 4.69) is 32.7 Å². The molecule has 0 amide bonds. The molecule has 0 nitrogen and oxygen atoms in total. The van der Waals surface area contributed by atoms with Crippen molar-refractivity contribution in [3.8, 4) is 0 Å². The van der Waals surface area contributed by atoms with Gasteiger partial charge in [0.05, 0.1) is 0 Å². The number of rotatable bonds is 4. The van der Waals surface area contributed by atoms with E-state index in [-0.39, 0.29) is 0 Å². The van der Waals surface area contributed by atoms with Crippen LogP contribution in [0.1, 0.15) is 26.2 Å². The first-order chi connectivity index (χ1) is 4.41. The van der Waals surface area contributed by atoms with Crippen LogP contribution in [0.2, 0.25) is 0 Å². The Balaban J connectivity index is 3.14. The standard InChI is InChI=1S/C8H12.Ni/c1-3-5-7-8-6-4-2;/h4,6,8H,3,5,7H2,1H3;/b8-6+;. The van der Waals surface area contributed by atoms with Gasteiger partial charge >= 0.3 is 64.1 Å². The molecular formula is C8H12Ni. The molecule has 0 bridgehead atoms. The van der Waals surface area contributed by atoms with Gasteiger partial charge in [0.15, 0.2) is 0 Å². The molecule has 0 saturated carbocycles. The molecule has 0 heterocycles. The Morgan fingerprint density at radius 3 is 2.89 bits per heavy atom. The minimum atomic E-state index is 1.16. The van der Waals surface area contributed by atoms with Gasteiger partial charge in [-0.05, 0) is 0 Å². The Morgan fingerprint density at radius 2 is 2.33 bits per heavy atom. The molecule has 0 aliphatic rings. The van der Waals surface area contributed by atoms with Gasteiger partial charge in [0.1, 0.15) is 0 Å². The monoisotopic (exact) mass is 166 g/mol. The maximum absolute atomic E-state index is 4.22. The van der Waals surface area contributed by atoms with Gasteiger partial charge < -0.3 is 0 Å². The van der Waals surface area contributed by atoms with Gasteiger partial charge in [-0.2, -0.15) is 0 Å². The van der Waals surface area contributed by atoms with Crippen molar-refractivity contribution in [3.63, 3.8) is 0 Å². The maximum atomic E-state index is 4.22. The average Bonchev–Trinajstić information content (AvgIpc) is 1.89. The summed E-state index contributed by atoms with van der Waals surface area (Å²) in [6, 6.07) is 0. The molecule has 0 aliphatic heterocycles. The van der Waals surface area contributed by atoms with E-state index in [4.69, 9.17) is 0 Å². The molecule has 1 heteroatoms. The predicted molar refractivity (Wildman–Crippen MR) is 38.2 cm³/mol. The van der Waals surface area contributed by atoms with Gasteiger partial charge in [-0.25, -0.2) is 0 Å². The van der Waals surface area contributed by atoms with Crippen molar-refractivity contribution in [3.05, 3.63) is 18.2 Å². The summed E-state index contributed by atoms with van der Waals surface area (Å²) in [5.41, 5.74) is 0. The van der Waals surface area contributed by atoms with E-state index in [0.717, 1.165) is 6.42 Å². The first-order valence-electron chi connectivity index (χ1n) is 3.23. The summed E-state index contributed by atoms with van der Waals surface area (Å²) in [4.78, 5) is 0. The van der Waals surface area contributed by atoms with Crippen molar-refractivity contribution < 1.29 is 15.0 Å². The Kier molecular flexibility index (Phi) is 7.78. The third-order valence-corrected chi connectivity index (χ3v) is 1.17. The average molecular weight is 167 g/mol. The molecule has 0 aromatic carbocycles. The summed E-state index contributed by atoms with van der Waals surface area (Å²) in [6.45, 7) is 2.19. The fourth-order valence-electron chi connectivity index (χ4n) is 0.517. The molecule has 0 unspecified atom stereocenters. The predicted octanol–water partition coefficient (Wildman–Crippen LogP) is 2.24. The number of unbranched alkanes of at least 4 members (excludes halogenated alkanes) is 2. The number of hydrogen-bond donors (Lipinski definition) is 0. The van der Waals surface area contributed by atoms with Crippen molar-refractivity contribution >= 4 is 4.65 Å². The molecule has 54 valence electrons. The van der Waals surface area contributed by atoms with E-state index in [1.807, 2.05) is 6.08 Å². The minimum absolute atomic E-state index is 1.16. The van der Waals surface area contributed by atoms with Gasteiger partial charge in [0.2, 0.25) is 0 Å². The summed E-state index contributed by atoms with van der Waals surface area (Å²) in [6.07, 6.45) is 9.54. The summed E-state index contributed by atoms with van der Waals surface area (Å²) in [7, 11) is 0. The summed E-state index contributed by atoms with van der Waals surface area (Å²) < 4.78 is 2.56. The van der Waals surface area contributed by atoms with Crippen LogP contribution in [0.3, 0.4) is 0 Å². The van der Waals surface area contributed by atoms with Crippen LogP contribution in [0, 0.1) is 0 Å². The van der Waals surface area contributed by atoms with E-state index >= 15 is 0 Å². The summed E-state index contributed by atoms with van der Waals surface area (Å²) >= 11 is 4.22. The van der Waals surface area contributed by atoms with Crippen LogP contribution >= 0.6 is 0 Å². The second-order valence-corrected chi connectivity index (χ2v) is 2.11. The van der Waals surface area contributed by atoms with Crippen LogP contribution in [-0.4, -0.2) is 4.65 Å². The van der Waals surface area contributed by atoms with Gasteiger partial charge in [-0.3, -0.25) is 0 Å². The molecule has 9 heavy (non-hydrogen) atoms. The molecule has 0 aliphatic carbocycles. The van der Waals surface area contributed by atoms with E-state index in [0.29, 0.717) is 0 Å². The van der Waals surface area contributed by atoms with Gasteiger partial charge in [0.25, 0.3) is 0 Å². The first kappa shape index (κ1) is 8.88. The molecule has 0 aromatic heterocycles. The van der Waals surface area contributed by atoms with Crippen LogP contribution in [0.25, 0.3) is 0 Å². The second kappa shape index (κ2) is 7.88. The van der Waals surface area contributed by atoms with Crippen LogP contribution in [-0.2, 0) is 15.0 Å². The first-order valence-corrected chi connectivity index (χ1v) is 3.72. The van der Waals surface area contributed by atoms with Crippen LogP contribution in [0.4, 0.5) is 0 Å². The molecule has 0 radical (unpaired) electrons. The third kappa shape index (κ3) is 7.88. The molecule has 0 N–H and O–H groups in total. The zero-order valence-electron chi connectivity index (χ0n) is 5.67. The summed E-state index contributed by atoms with van der Waals surface area (Å²) in [5, 5.41) is 0. The van der Waals surface area contributed by atoms with Crippen molar-refractivity contribution in [1.82, 2.24) is 0 Å². The van der Waals surface area contributed by atoms with E-state index < -0.39 is 0 Å². The molecule has 0 rings (SSSR count). The molecule has 0 atom stereocenters. The fraction of sp³-hybridized carbons (Fsp3) is 0.500. The van der Waals surface area contributed by atoms with E-state index in [9.17, 15) is 0 Å². The van der Waals surface area contributed by atoms with Crippen molar-refractivity contribution in [2.75, 3.05) is 0 Å². The Bertz CT molecular complexity index is 119. The molecule has 0 fully saturated rings. The van der Waals surface area contributed by atoms with Gasteiger partial charge in [0, 0.05) is 0 Å². The SMILES string of the molecule is CCCC/C=C/C=[C]=[Ni]. The summed E-state index contributed by atoms with van der Waals surface area (Å²) in [5.74, 6) is 0. The molecular weight excluding hydrogens is 155 g/mol. The zero-order chi connectivity index (χ0) is 6.95. The van der Waals surface area contributed by atoms with Crippen LogP contribution in [0.5, 0.6) is 0 Å². The molecule has 0 spiro atoms. The van der Waals surface area contributed by atoms with Gasteiger partial charge in [-0.1, -0.05) is 0 Å². The van der Waals surface area contributed by atoms with Gasteiger partial charge in [-0.15, -0.1) is 0 Å². The number of allylic oxidation sites excluding steroid dienone is 3. The third-order valence-electron chi connectivity index (χ3n) is 1.01. The van der Waals surface area contributed by atoms with Crippen molar-refractivity contribution in [2.45, 2.75) is 26.2 Å². The van der Waals surface area contributed by atoms with Crippen LogP contribution in [0.15, 0.2) is 18.2 Å².